The molecule has 0 saturated carbocycles. The molecule has 6 nitrogen and oxygen atoms in total. The summed E-state index contributed by atoms with van der Waals surface area (Å²) in [5.74, 6) is -2.92. The molecule has 0 radical (unpaired) electrons. The molecule has 1 rings (SSSR count). The second-order valence-corrected chi connectivity index (χ2v) is 6.97. The number of aliphatic hydroxyl groups excluding tert-OH is 1. The maximum Gasteiger partial charge on any atom is 0.246 e. The van der Waals surface area contributed by atoms with Crippen molar-refractivity contribution in [3.05, 3.63) is 35.4 Å². The Morgan fingerprint density at radius 3 is 2.32 bits per heavy atom. The van der Waals surface area contributed by atoms with Gasteiger partial charge in [-0.2, -0.15) is 0 Å². The van der Waals surface area contributed by atoms with Gasteiger partial charge < -0.3 is 15.9 Å². The van der Waals surface area contributed by atoms with Crippen molar-refractivity contribution in [2.24, 2.45) is 11.7 Å². The van der Waals surface area contributed by atoms with Gasteiger partial charge in [-0.1, -0.05) is 0 Å². The summed E-state index contributed by atoms with van der Waals surface area (Å²) in [6, 6.07) is 2.14. The molecule has 0 unspecified atom stereocenters. The standard InChI is InChI=1S/C17H26F2N2O4/c1-17(2,24)4-3-11(16(23)21-25)8-15(22)14(20)7-10-5-12(18)9-13(19)6-10/h5-6,9,11,14-15,22,24-25H,3-4,7-8,20H2,1-2H3,(H,21,23)/t11-,14+,15+/m1/s1. The number of hydrogen-bond donors (Lipinski definition) is 5. The fourth-order valence-corrected chi connectivity index (χ4v) is 2.58. The molecule has 1 aromatic rings. The fourth-order valence-electron chi connectivity index (χ4n) is 2.58. The van der Waals surface area contributed by atoms with Gasteiger partial charge in [-0.05, 0) is 57.2 Å². The molecule has 0 spiro atoms. The molecule has 3 atom stereocenters. The highest BCUT2D eigenvalue weighted by Crippen LogP contribution is 2.22. The zero-order valence-corrected chi connectivity index (χ0v) is 14.4. The van der Waals surface area contributed by atoms with Crippen molar-refractivity contribution in [3.8, 4) is 0 Å². The first-order valence-corrected chi connectivity index (χ1v) is 8.06. The van der Waals surface area contributed by atoms with E-state index >= 15 is 0 Å². The quantitative estimate of drug-likeness (QED) is 0.336. The van der Waals surface area contributed by atoms with Crippen LogP contribution in [0.15, 0.2) is 18.2 Å². The smallest absolute Gasteiger partial charge is 0.246 e. The summed E-state index contributed by atoms with van der Waals surface area (Å²) in [6.07, 6.45) is -0.650. The highest BCUT2D eigenvalue weighted by atomic mass is 19.1. The van der Waals surface area contributed by atoms with Crippen LogP contribution >= 0.6 is 0 Å². The van der Waals surface area contributed by atoms with Gasteiger partial charge in [0.25, 0.3) is 0 Å². The second kappa shape index (κ2) is 9.19. The van der Waals surface area contributed by atoms with E-state index in [9.17, 15) is 23.8 Å². The molecule has 0 aliphatic heterocycles. The maximum absolute atomic E-state index is 13.2. The van der Waals surface area contributed by atoms with Crippen molar-refractivity contribution in [2.45, 2.75) is 57.3 Å². The first-order chi connectivity index (χ1) is 11.5. The van der Waals surface area contributed by atoms with Crippen LogP contribution < -0.4 is 11.2 Å². The molecule has 1 amide bonds. The molecular weight excluding hydrogens is 334 g/mol. The van der Waals surface area contributed by atoms with Crippen LogP contribution in [0.25, 0.3) is 0 Å². The third kappa shape index (κ3) is 7.87. The lowest BCUT2D eigenvalue weighted by molar-refractivity contribution is -0.135. The number of carbonyl (C=O) groups excluding carboxylic acids is 1. The number of hydrogen-bond acceptors (Lipinski definition) is 5. The minimum Gasteiger partial charge on any atom is -0.391 e. The highest BCUT2D eigenvalue weighted by molar-refractivity contribution is 5.77. The topological polar surface area (TPSA) is 116 Å². The van der Waals surface area contributed by atoms with Gasteiger partial charge in [0.2, 0.25) is 5.91 Å². The van der Waals surface area contributed by atoms with Gasteiger partial charge >= 0.3 is 0 Å². The van der Waals surface area contributed by atoms with Crippen LogP contribution in [-0.4, -0.2) is 39.1 Å². The normalized spacial score (nSPS) is 15.5. The molecule has 0 aliphatic rings. The van der Waals surface area contributed by atoms with Gasteiger partial charge in [0, 0.05) is 18.0 Å². The number of benzene rings is 1. The van der Waals surface area contributed by atoms with Crippen LogP contribution in [0.3, 0.4) is 0 Å². The molecule has 0 aliphatic carbocycles. The van der Waals surface area contributed by atoms with E-state index in [-0.39, 0.29) is 25.7 Å². The SMILES string of the molecule is CC(C)(O)CC[C@H](C[C@H](O)[C@@H](N)Cc1cc(F)cc(F)c1)C(=O)NO. The zero-order chi connectivity index (χ0) is 19.2. The van der Waals surface area contributed by atoms with Gasteiger partial charge in [-0.3, -0.25) is 10.0 Å². The number of hydroxylamine groups is 1. The molecule has 0 fully saturated rings. The van der Waals surface area contributed by atoms with Crippen molar-refractivity contribution < 1.29 is 29.0 Å². The van der Waals surface area contributed by atoms with E-state index in [1.807, 2.05) is 0 Å². The maximum atomic E-state index is 13.2. The number of nitrogens with one attached hydrogen (secondary N) is 1. The van der Waals surface area contributed by atoms with Crippen LogP contribution in [0.2, 0.25) is 0 Å². The van der Waals surface area contributed by atoms with Gasteiger partial charge in [0.05, 0.1) is 11.7 Å². The summed E-state index contributed by atoms with van der Waals surface area (Å²) in [7, 11) is 0. The van der Waals surface area contributed by atoms with E-state index in [1.165, 1.54) is 5.48 Å². The Kier molecular flexibility index (Phi) is 7.88. The molecule has 1 aromatic carbocycles. The average molecular weight is 360 g/mol. The summed E-state index contributed by atoms with van der Waals surface area (Å²) in [6.45, 7) is 3.17. The third-order valence-electron chi connectivity index (χ3n) is 4.00. The molecule has 6 N–H and O–H groups in total. The molecule has 0 heterocycles. The Bertz CT molecular complexity index is 558. The van der Waals surface area contributed by atoms with Crippen molar-refractivity contribution in [1.29, 1.82) is 0 Å². The predicted octanol–water partition coefficient (Wildman–Crippen LogP) is 1.26. The van der Waals surface area contributed by atoms with Gasteiger partial charge in [-0.25, -0.2) is 14.3 Å². The van der Waals surface area contributed by atoms with Crippen molar-refractivity contribution >= 4 is 5.91 Å². The first kappa shape index (κ1) is 21.4. The minimum atomic E-state index is -1.13. The van der Waals surface area contributed by atoms with Crippen molar-refractivity contribution in [2.75, 3.05) is 0 Å². The Labute approximate surface area is 145 Å². The van der Waals surface area contributed by atoms with E-state index in [1.54, 1.807) is 13.8 Å². The van der Waals surface area contributed by atoms with Crippen LogP contribution in [0, 0.1) is 17.6 Å². The molecule has 0 aromatic heterocycles. The zero-order valence-electron chi connectivity index (χ0n) is 14.4. The Hall–Kier alpha value is -1.61. The molecule has 0 bridgehead atoms. The highest BCUT2D eigenvalue weighted by Gasteiger charge is 2.27. The molecule has 142 valence electrons. The summed E-state index contributed by atoms with van der Waals surface area (Å²) in [5.41, 5.74) is 6.72. The average Bonchev–Trinajstić information content (AvgIpc) is 2.48. The van der Waals surface area contributed by atoms with Crippen molar-refractivity contribution in [1.82, 2.24) is 5.48 Å². The van der Waals surface area contributed by atoms with E-state index in [0.29, 0.717) is 5.56 Å². The van der Waals surface area contributed by atoms with Crippen LogP contribution in [0.4, 0.5) is 8.78 Å². The number of halogens is 2. The molecule has 0 saturated heterocycles. The third-order valence-corrected chi connectivity index (χ3v) is 4.00. The van der Waals surface area contributed by atoms with E-state index in [4.69, 9.17) is 10.9 Å². The largest absolute Gasteiger partial charge is 0.391 e. The fraction of sp³-hybridized carbons (Fsp3) is 0.588. The lowest BCUT2D eigenvalue weighted by Gasteiger charge is -2.25. The van der Waals surface area contributed by atoms with E-state index < -0.39 is 41.2 Å². The van der Waals surface area contributed by atoms with Gasteiger partial charge in [0.15, 0.2) is 0 Å². The number of rotatable bonds is 9. The monoisotopic (exact) mass is 360 g/mol. The van der Waals surface area contributed by atoms with Crippen LogP contribution in [-0.2, 0) is 11.2 Å². The first-order valence-electron chi connectivity index (χ1n) is 8.06. The van der Waals surface area contributed by atoms with Crippen LogP contribution in [0.5, 0.6) is 0 Å². The summed E-state index contributed by atoms with van der Waals surface area (Å²) >= 11 is 0. The van der Waals surface area contributed by atoms with Gasteiger partial charge in [-0.15, -0.1) is 0 Å². The minimum absolute atomic E-state index is 0.0226. The Morgan fingerprint density at radius 1 is 1.28 bits per heavy atom. The number of nitrogens with two attached hydrogens (primary N) is 1. The molecule has 25 heavy (non-hydrogen) atoms. The molecule has 8 heteroatoms. The van der Waals surface area contributed by atoms with Crippen LogP contribution in [0.1, 0.15) is 38.7 Å². The lowest BCUT2D eigenvalue weighted by Crippen LogP contribution is -2.41. The summed E-state index contributed by atoms with van der Waals surface area (Å²) < 4.78 is 26.4. The predicted molar refractivity (Wildman–Crippen MR) is 87.6 cm³/mol. The van der Waals surface area contributed by atoms with Gasteiger partial charge in [0.1, 0.15) is 11.6 Å². The second-order valence-electron chi connectivity index (χ2n) is 6.97. The van der Waals surface area contributed by atoms with E-state index in [2.05, 4.69) is 0 Å². The summed E-state index contributed by atoms with van der Waals surface area (Å²) in [5, 5.41) is 28.8. The Balaban J connectivity index is 2.70. The Morgan fingerprint density at radius 2 is 1.84 bits per heavy atom. The lowest BCUT2D eigenvalue weighted by atomic mass is 9.88. The van der Waals surface area contributed by atoms with E-state index in [0.717, 1.165) is 18.2 Å². The number of amides is 1. The summed E-state index contributed by atoms with van der Waals surface area (Å²) in [4.78, 5) is 11.7. The molecular formula is C17H26F2N2O4. The van der Waals surface area contributed by atoms with Crippen molar-refractivity contribution in [3.63, 3.8) is 0 Å². The number of aliphatic hydroxyl groups is 2. The number of carbonyl (C=O) groups is 1.